The van der Waals surface area contributed by atoms with E-state index in [1.807, 2.05) is 42.7 Å². The third-order valence-electron chi connectivity index (χ3n) is 12.7. The minimum atomic E-state index is -0.782. The monoisotopic (exact) mass is 765 g/mol. The number of benzene rings is 7. The molecule has 11 aromatic rings. The molecular weight excluding hydrogens is 735 g/mol. The zero-order chi connectivity index (χ0) is 39.5. The van der Waals surface area contributed by atoms with Crippen LogP contribution in [0.1, 0.15) is 27.8 Å². The highest BCUT2D eigenvalue weighted by atomic mass is 16.5. The average Bonchev–Trinajstić information content (AvgIpc) is 3.93. The molecule has 1 atom stereocenters. The van der Waals surface area contributed by atoms with E-state index in [4.69, 9.17) is 14.7 Å². The van der Waals surface area contributed by atoms with Crippen LogP contribution in [0.3, 0.4) is 0 Å². The summed E-state index contributed by atoms with van der Waals surface area (Å²) in [6, 6.07) is 64.2. The van der Waals surface area contributed by atoms with Crippen molar-refractivity contribution in [2.75, 3.05) is 0 Å². The maximum absolute atomic E-state index is 9.93. The number of hydrogen-bond donors (Lipinski definition) is 0. The first-order valence-electron chi connectivity index (χ1n) is 20.1. The average molecular weight is 766 g/mol. The quantitative estimate of drug-likeness (QED) is 0.180. The Morgan fingerprint density at radius 1 is 0.450 bits per heavy atom. The van der Waals surface area contributed by atoms with Crippen molar-refractivity contribution in [1.29, 1.82) is 5.26 Å². The predicted molar refractivity (Wildman–Crippen MR) is 238 cm³/mol. The van der Waals surface area contributed by atoms with Crippen LogP contribution >= 0.6 is 0 Å². The molecule has 6 heteroatoms. The van der Waals surface area contributed by atoms with Gasteiger partial charge in [0.25, 0.3) is 0 Å². The van der Waals surface area contributed by atoms with E-state index < -0.39 is 5.41 Å². The second-order valence-electron chi connectivity index (χ2n) is 15.7. The first kappa shape index (κ1) is 32.8. The van der Waals surface area contributed by atoms with Crippen LogP contribution in [0, 0.1) is 11.3 Å². The zero-order valence-electron chi connectivity index (χ0n) is 32.0. The normalized spacial score (nSPS) is 14.8. The van der Waals surface area contributed by atoms with Crippen molar-refractivity contribution in [3.05, 3.63) is 216 Å². The van der Waals surface area contributed by atoms with Gasteiger partial charge >= 0.3 is 0 Å². The van der Waals surface area contributed by atoms with Crippen molar-refractivity contribution < 1.29 is 4.74 Å². The highest BCUT2D eigenvalue weighted by Gasteiger charge is 2.52. The van der Waals surface area contributed by atoms with E-state index in [2.05, 4.69) is 161 Å². The smallest absolute Gasteiger partial charge is 0.132 e. The van der Waals surface area contributed by atoms with E-state index in [0.717, 1.165) is 100 Å². The Labute approximate surface area is 344 Å². The number of rotatable bonds is 3. The second-order valence-corrected chi connectivity index (χ2v) is 15.7. The van der Waals surface area contributed by atoms with Crippen LogP contribution in [-0.2, 0) is 5.41 Å². The van der Waals surface area contributed by atoms with Crippen LogP contribution in [0.4, 0.5) is 0 Å². The Balaban J connectivity index is 1.08. The van der Waals surface area contributed by atoms with E-state index in [1.54, 1.807) is 0 Å². The summed E-state index contributed by atoms with van der Waals surface area (Å²) in [6.45, 7) is 0. The third kappa shape index (κ3) is 4.30. The fourth-order valence-electron chi connectivity index (χ4n) is 10.2. The van der Waals surface area contributed by atoms with Gasteiger partial charge in [0.1, 0.15) is 11.5 Å². The Kier molecular flexibility index (Phi) is 6.62. The lowest BCUT2D eigenvalue weighted by molar-refractivity contribution is 0.436. The molecule has 7 aromatic carbocycles. The number of ether oxygens (including phenoxy) is 1. The van der Waals surface area contributed by atoms with Gasteiger partial charge in [0.05, 0.1) is 50.5 Å². The summed E-state index contributed by atoms with van der Waals surface area (Å²) < 4.78 is 11.5. The lowest BCUT2D eigenvalue weighted by atomic mass is 9.66. The van der Waals surface area contributed by atoms with Gasteiger partial charge in [-0.1, -0.05) is 84.9 Å². The number of nitrogens with zero attached hydrogens (tertiary/aromatic N) is 5. The molecule has 1 spiro atoms. The van der Waals surface area contributed by atoms with Crippen LogP contribution < -0.4 is 4.74 Å². The molecule has 0 bridgehead atoms. The minimum Gasteiger partial charge on any atom is -0.457 e. The highest BCUT2D eigenvalue weighted by molar-refractivity contribution is 6.11. The van der Waals surface area contributed by atoms with Gasteiger partial charge in [-0.15, -0.1) is 0 Å². The second kappa shape index (κ2) is 12.1. The van der Waals surface area contributed by atoms with Gasteiger partial charge in [-0.05, 0) is 102 Å². The molecule has 4 aromatic heterocycles. The molecule has 278 valence electrons. The fraction of sp³-hybridized carbons (Fsp3) is 0.0185. The van der Waals surface area contributed by atoms with E-state index >= 15 is 0 Å². The lowest BCUT2D eigenvalue weighted by Gasteiger charge is -2.39. The molecule has 1 unspecified atom stereocenters. The van der Waals surface area contributed by atoms with Gasteiger partial charge in [0.2, 0.25) is 0 Å². The van der Waals surface area contributed by atoms with Gasteiger partial charge < -0.3 is 13.9 Å². The number of aromatic nitrogens is 4. The number of pyridine rings is 2. The maximum atomic E-state index is 9.93. The predicted octanol–water partition coefficient (Wildman–Crippen LogP) is 12.7. The summed E-state index contributed by atoms with van der Waals surface area (Å²) in [5.41, 5.74) is 14.4. The molecule has 2 aliphatic rings. The van der Waals surface area contributed by atoms with Crippen molar-refractivity contribution >= 4 is 43.6 Å². The van der Waals surface area contributed by atoms with Crippen molar-refractivity contribution in [3.63, 3.8) is 0 Å². The van der Waals surface area contributed by atoms with E-state index in [1.165, 1.54) is 10.8 Å². The molecule has 0 N–H and O–H groups in total. The van der Waals surface area contributed by atoms with Gasteiger partial charge in [0, 0.05) is 67.6 Å². The van der Waals surface area contributed by atoms with Gasteiger partial charge in [-0.3, -0.25) is 9.97 Å². The van der Waals surface area contributed by atoms with E-state index in [-0.39, 0.29) is 0 Å². The van der Waals surface area contributed by atoms with E-state index in [9.17, 15) is 5.26 Å². The zero-order valence-corrected chi connectivity index (χ0v) is 32.0. The first-order valence-corrected chi connectivity index (χ1v) is 20.1. The summed E-state index contributed by atoms with van der Waals surface area (Å²) in [6.07, 6.45) is 3.85. The molecule has 5 heterocycles. The number of nitriles is 1. The fourth-order valence-corrected chi connectivity index (χ4v) is 10.2. The molecule has 0 saturated heterocycles. The van der Waals surface area contributed by atoms with Crippen LogP contribution in [0.2, 0.25) is 0 Å². The molecule has 13 rings (SSSR count). The summed E-state index contributed by atoms with van der Waals surface area (Å²) in [5.74, 6) is 1.61. The summed E-state index contributed by atoms with van der Waals surface area (Å²) in [7, 11) is 0. The Morgan fingerprint density at radius 3 is 1.92 bits per heavy atom. The molecule has 1 aliphatic heterocycles. The Hall–Kier alpha value is -8.27. The largest absolute Gasteiger partial charge is 0.457 e. The van der Waals surface area contributed by atoms with E-state index in [0.29, 0.717) is 5.56 Å². The molecule has 1 aliphatic carbocycles. The van der Waals surface area contributed by atoms with Crippen molar-refractivity contribution in [2.45, 2.75) is 5.41 Å². The van der Waals surface area contributed by atoms with Crippen molar-refractivity contribution in [3.8, 4) is 51.5 Å². The molecule has 0 fully saturated rings. The molecule has 0 saturated carbocycles. The topological polar surface area (TPSA) is 68.7 Å². The number of hydrogen-bond acceptors (Lipinski definition) is 4. The highest BCUT2D eigenvalue weighted by Crippen LogP contribution is 2.62. The van der Waals surface area contributed by atoms with Crippen LogP contribution in [0.5, 0.6) is 11.5 Å². The number of para-hydroxylation sites is 4. The van der Waals surface area contributed by atoms with Gasteiger partial charge in [-0.25, -0.2) is 0 Å². The Bertz CT molecular complexity index is 3610. The molecule has 6 nitrogen and oxygen atoms in total. The van der Waals surface area contributed by atoms with Crippen molar-refractivity contribution in [2.24, 2.45) is 0 Å². The first-order chi connectivity index (χ1) is 29.7. The molecule has 60 heavy (non-hydrogen) atoms. The number of fused-ring (bicyclic) bond motifs is 15. The minimum absolute atomic E-state index is 0.628. The third-order valence-corrected chi connectivity index (χ3v) is 12.7. The van der Waals surface area contributed by atoms with Crippen molar-refractivity contribution in [1.82, 2.24) is 19.1 Å². The summed E-state index contributed by atoms with van der Waals surface area (Å²) in [5, 5.41) is 14.5. The summed E-state index contributed by atoms with van der Waals surface area (Å²) >= 11 is 0. The van der Waals surface area contributed by atoms with Crippen LogP contribution in [0.25, 0.3) is 77.5 Å². The van der Waals surface area contributed by atoms with Gasteiger partial charge in [0.15, 0.2) is 0 Å². The molecule has 0 radical (unpaired) electrons. The molecule has 0 amide bonds. The lowest BCUT2D eigenvalue weighted by Crippen LogP contribution is -2.32. The van der Waals surface area contributed by atoms with Crippen LogP contribution in [-0.4, -0.2) is 19.1 Å². The maximum Gasteiger partial charge on any atom is 0.132 e. The molecular formula is C54H31N5O. The summed E-state index contributed by atoms with van der Waals surface area (Å²) in [4.78, 5) is 10.3. The Morgan fingerprint density at radius 2 is 1.10 bits per heavy atom. The SMILES string of the molecule is N#Cc1ccc2c(c1)c1cc(-c3cnc4c(c3)C3(c5ccccc5Oc5ccc(-n6c7ccccc7c7ccccc76)cc53)c3cccnc3-4)ccc1n2-c1ccccc1. The standard InChI is InChI=1S/C54H31N5O/c55-31-33-20-23-48-40(27-33)41-28-34(21-24-49(41)58(48)36-11-2-1-3-12-36)35-29-45-53(57-32-35)52-43(16-10-26-56-52)54(45)42-15-6-9-19-50(42)60-51-25-22-37(30-44(51)54)59-46-17-7-4-13-38(46)39-14-5-8-18-47(39)59/h1-30,32H. The van der Waals surface area contributed by atoms with Gasteiger partial charge in [-0.2, -0.15) is 5.26 Å². The van der Waals surface area contributed by atoms with Crippen LogP contribution in [0.15, 0.2) is 188 Å².